The number of aromatic nitrogens is 1. The number of carboxylic acids is 1. The van der Waals surface area contributed by atoms with Gasteiger partial charge in [0, 0.05) is 22.2 Å². The van der Waals surface area contributed by atoms with Gasteiger partial charge in [-0.15, -0.1) is 0 Å². The summed E-state index contributed by atoms with van der Waals surface area (Å²) in [5, 5.41) is 13.2. The normalized spacial score (nSPS) is 15.9. The predicted octanol–water partition coefficient (Wildman–Crippen LogP) is 4.10. The van der Waals surface area contributed by atoms with Crippen molar-refractivity contribution < 1.29 is 24.2 Å². The maximum absolute atomic E-state index is 12.6. The molecule has 0 unspecified atom stereocenters. The molecule has 1 aliphatic rings. The number of aliphatic imine (C=N–C) groups is 1. The van der Waals surface area contributed by atoms with Gasteiger partial charge in [-0.1, -0.05) is 24.3 Å². The molecule has 1 aliphatic heterocycles. The zero-order valence-electron chi connectivity index (χ0n) is 18.0. The summed E-state index contributed by atoms with van der Waals surface area (Å²) in [5.41, 5.74) is 3.09. The molecule has 1 saturated heterocycles. The van der Waals surface area contributed by atoms with Crippen LogP contribution in [0.25, 0.3) is 17.0 Å². The van der Waals surface area contributed by atoms with Crippen LogP contribution in [0.1, 0.15) is 28.5 Å². The molecule has 1 amide bonds. The van der Waals surface area contributed by atoms with Crippen LogP contribution in [0.5, 0.6) is 0 Å². The predicted molar refractivity (Wildman–Crippen MR) is 128 cm³/mol. The first-order valence-corrected chi connectivity index (χ1v) is 11.1. The number of thioether (sulfide) groups is 1. The van der Waals surface area contributed by atoms with Crippen LogP contribution in [0.3, 0.4) is 0 Å². The van der Waals surface area contributed by atoms with Crippen LogP contribution in [0.4, 0.5) is 5.69 Å². The molecule has 0 radical (unpaired) electrons. The molecule has 8 nitrogen and oxygen atoms in total. The number of benzene rings is 2. The van der Waals surface area contributed by atoms with E-state index < -0.39 is 5.97 Å². The summed E-state index contributed by atoms with van der Waals surface area (Å²) in [6.45, 7) is 4.05. The van der Waals surface area contributed by atoms with Gasteiger partial charge in [0.25, 0.3) is 5.91 Å². The SMILES string of the molecule is CCOC(=O)Cn1c(C)c(/C=C2\SC(=Nc3cccc(C(=O)O)c3)NC2=O)c2ccccc21. The van der Waals surface area contributed by atoms with Gasteiger partial charge in [-0.25, -0.2) is 9.79 Å². The number of nitrogens with zero attached hydrogens (tertiary/aromatic N) is 2. The highest BCUT2D eigenvalue weighted by Gasteiger charge is 2.25. The lowest BCUT2D eigenvalue weighted by molar-refractivity contribution is -0.143. The summed E-state index contributed by atoms with van der Waals surface area (Å²) in [5.74, 6) is -1.67. The molecule has 2 heterocycles. The highest BCUT2D eigenvalue weighted by atomic mass is 32.2. The minimum Gasteiger partial charge on any atom is -0.478 e. The number of rotatable bonds is 6. The fourth-order valence-electron chi connectivity index (χ4n) is 3.62. The molecule has 1 fully saturated rings. The highest BCUT2D eigenvalue weighted by molar-refractivity contribution is 8.18. The summed E-state index contributed by atoms with van der Waals surface area (Å²) in [6, 6.07) is 13.9. The monoisotopic (exact) mass is 463 g/mol. The molecule has 3 aromatic rings. The first-order valence-electron chi connectivity index (χ1n) is 10.2. The van der Waals surface area contributed by atoms with Gasteiger partial charge in [-0.3, -0.25) is 9.59 Å². The summed E-state index contributed by atoms with van der Waals surface area (Å²) in [7, 11) is 0. The first kappa shape index (κ1) is 22.3. The third-order valence-electron chi connectivity index (χ3n) is 5.12. The minimum absolute atomic E-state index is 0.0787. The molecular weight excluding hydrogens is 442 g/mol. The van der Waals surface area contributed by atoms with Crippen molar-refractivity contribution in [2.45, 2.75) is 20.4 Å². The molecule has 0 atom stereocenters. The zero-order chi connectivity index (χ0) is 23.5. The average molecular weight is 464 g/mol. The van der Waals surface area contributed by atoms with Crippen LogP contribution in [-0.2, 0) is 20.9 Å². The van der Waals surface area contributed by atoms with E-state index in [0.717, 1.165) is 22.2 Å². The number of amidine groups is 1. The molecule has 33 heavy (non-hydrogen) atoms. The lowest BCUT2D eigenvalue weighted by atomic mass is 10.1. The fourth-order valence-corrected chi connectivity index (χ4v) is 4.44. The van der Waals surface area contributed by atoms with Crippen LogP contribution >= 0.6 is 11.8 Å². The number of carboxylic acid groups (broad SMARTS) is 1. The number of carbonyl (C=O) groups excluding carboxylic acids is 2. The van der Waals surface area contributed by atoms with Crippen molar-refractivity contribution in [1.82, 2.24) is 9.88 Å². The molecule has 0 saturated carbocycles. The molecular formula is C24H21N3O5S. The Morgan fingerprint density at radius 1 is 1.21 bits per heavy atom. The highest BCUT2D eigenvalue weighted by Crippen LogP contribution is 2.33. The Bertz CT molecular complexity index is 1340. The number of aromatic carboxylic acids is 1. The largest absolute Gasteiger partial charge is 0.478 e. The molecule has 0 aliphatic carbocycles. The van der Waals surface area contributed by atoms with Gasteiger partial charge in [0.2, 0.25) is 0 Å². The topological polar surface area (TPSA) is 110 Å². The Labute approximate surface area is 194 Å². The molecule has 0 bridgehead atoms. The maximum Gasteiger partial charge on any atom is 0.335 e. The van der Waals surface area contributed by atoms with Crippen LogP contribution in [-0.4, -0.2) is 39.3 Å². The molecule has 2 N–H and O–H groups in total. The van der Waals surface area contributed by atoms with Gasteiger partial charge in [-0.2, -0.15) is 0 Å². The first-order chi connectivity index (χ1) is 15.9. The van der Waals surface area contributed by atoms with Crippen molar-refractivity contribution in [3.63, 3.8) is 0 Å². The maximum atomic E-state index is 12.6. The third-order valence-corrected chi connectivity index (χ3v) is 6.03. The van der Waals surface area contributed by atoms with Gasteiger partial charge >= 0.3 is 11.9 Å². The standard InChI is InChI=1S/C24H21N3O5S/c1-3-32-21(28)13-27-14(2)18(17-9-4-5-10-19(17)27)12-20-22(29)26-24(33-20)25-16-8-6-7-15(11-16)23(30)31/h4-12H,3,13H2,1-2H3,(H,30,31)(H,25,26,29)/b20-12-. The average Bonchev–Trinajstić information content (AvgIpc) is 3.26. The second-order valence-corrected chi connectivity index (χ2v) is 8.28. The van der Waals surface area contributed by atoms with Crippen LogP contribution in [0.2, 0.25) is 0 Å². The van der Waals surface area contributed by atoms with Gasteiger partial charge in [0.1, 0.15) is 6.54 Å². The zero-order valence-corrected chi connectivity index (χ0v) is 18.8. The molecule has 2 aromatic carbocycles. The number of para-hydroxylation sites is 1. The number of ether oxygens (including phenoxy) is 1. The van der Waals surface area contributed by atoms with E-state index in [-0.39, 0.29) is 24.0 Å². The van der Waals surface area contributed by atoms with Crippen LogP contribution in [0.15, 0.2) is 58.4 Å². The minimum atomic E-state index is -1.05. The third kappa shape index (κ3) is 4.68. The second-order valence-electron chi connectivity index (χ2n) is 7.24. The van der Waals surface area contributed by atoms with Gasteiger partial charge in [0.05, 0.1) is 22.8 Å². The van der Waals surface area contributed by atoms with Crippen LogP contribution in [0, 0.1) is 6.92 Å². The summed E-state index contributed by atoms with van der Waals surface area (Å²) in [6.07, 6.45) is 1.79. The lowest BCUT2D eigenvalue weighted by Gasteiger charge is -2.07. The number of amides is 1. The van der Waals surface area contributed by atoms with E-state index in [1.807, 2.05) is 35.8 Å². The lowest BCUT2D eigenvalue weighted by Crippen LogP contribution is -2.19. The number of esters is 1. The number of hydrogen-bond donors (Lipinski definition) is 2. The van der Waals surface area contributed by atoms with E-state index in [4.69, 9.17) is 9.84 Å². The van der Waals surface area contributed by atoms with E-state index >= 15 is 0 Å². The van der Waals surface area contributed by atoms with E-state index in [1.54, 1.807) is 25.1 Å². The Hall–Kier alpha value is -3.85. The summed E-state index contributed by atoms with van der Waals surface area (Å²) >= 11 is 1.17. The molecule has 1 aromatic heterocycles. The number of hydrogen-bond acceptors (Lipinski definition) is 6. The fraction of sp³-hybridized carbons (Fsp3) is 0.167. The molecule has 9 heteroatoms. The Kier molecular flexibility index (Phi) is 6.32. The summed E-state index contributed by atoms with van der Waals surface area (Å²) < 4.78 is 6.99. The van der Waals surface area contributed by atoms with Gasteiger partial charge in [-0.05, 0) is 56.0 Å². The van der Waals surface area contributed by atoms with E-state index in [9.17, 15) is 14.4 Å². The Morgan fingerprint density at radius 2 is 2.00 bits per heavy atom. The van der Waals surface area contributed by atoms with Crippen molar-refractivity contribution in [1.29, 1.82) is 0 Å². The smallest absolute Gasteiger partial charge is 0.335 e. The van der Waals surface area contributed by atoms with Gasteiger partial charge < -0.3 is 19.7 Å². The van der Waals surface area contributed by atoms with E-state index in [1.165, 1.54) is 23.9 Å². The Balaban J connectivity index is 1.68. The van der Waals surface area contributed by atoms with Gasteiger partial charge in [0.15, 0.2) is 5.17 Å². The summed E-state index contributed by atoms with van der Waals surface area (Å²) in [4.78, 5) is 40.7. The number of fused-ring (bicyclic) bond motifs is 1. The number of carbonyl (C=O) groups is 3. The van der Waals surface area contributed by atoms with Crippen molar-refractivity contribution >= 4 is 57.4 Å². The number of nitrogens with one attached hydrogen (secondary N) is 1. The Morgan fingerprint density at radius 3 is 2.76 bits per heavy atom. The van der Waals surface area contributed by atoms with Crippen molar-refractivity contribution in [3.8, 4) is 0 Å². The van der Waals surface area contributed by atoms with E-state index in [2.05, 4.69) is 10.3 Å². The van der Waals surface area contributed by atoms with Crippen LogP contribution < -0.4 is 5.32 Å². The van der Waals surface area contributed by atoms with E-state index in [0.29, 0.717) is 22.4 Å². The molecule has 4 rings (SSSR count). The quantitative estimate of drug-likeness (QED) is 0.421. The van der Waals surface area contributed by atoms with Crippen molar-refractivity contribution in [2.75, 3.05) is 6.61 Å². The molecule has 0 spiro atoms. The van der Waals surface area contributed by atoms with Crippen molar-refractivity contribution in [2.24, 2.45) is 4.99 Å². The second kappa shape index (κ2) is 9.33. The van der Waals surface area contributed by atoms with Crippen molar-refractivity contribution in [3.05, 3.63) is 70.3 Å². The molecule has 168 valence electrons.